The molecular formula is C17H23ClN2. The van der Waals surface area contributed by atoms with Gasteiger partial charge in [-0.2, -0.15) is 0 Å². The zero-order chi connectivity index (χ0) is 13.5. The van der Waals surface area contributed by atoms with Crippen LogP contribution in [0.25, 0.3) is 0 Å². The summed E-state index contributed by atoms with van der Waals surface area (Å²) in [6.45, 7) is 2.61. The summed E-state index contributed by atoms with van der Waals surface area (Å²) in [5, 5.41) is 4.85. The van der Waals surface area contributed by atoms with Crippen molar-refractivity contribution in [3.8, 4) is 0 Å². The molecule has 4 rings (SSSR count). The minimum Gasteiger partial charge on any atom is -0.306 e. The lowest BCUT2D eigenvalue weighted by Crippen LogP contribution is -2.45. The molecule has 1 aromatic rings. The van der Waals surface area contributed by atoms with Crippen LogP contribution < -0.4 is 5.32 Å². The van der Waals surface area contributed by atoms with Crippen LogP contribution in [-0.2, 0) is 6.42 Å². The summed E-state index contributed by atoms with van der Waals surface area (Å²) in [7, 11) is 0. The van der Waals surface area contributed by atoms with Gasteiger partial charge in [-0.15, -0.1) is 0 Å². The predicted octanol–water partition coefficient (Wildman–Crippen LogP) is 3.54. The molecule has 3 unspecified atom stereocenters. The molecule has 0 saturated carbocycles. The SMILES string of the molecule is Clc1ccc2c(c1)CCC2NC1CCN2CCCCC12. The van der Waals surface area contributed by atoms with Crippen LogP contribution >= 0.6 is 11.6 Å². The number of halogens is 1. The highest BCUT2D eigenvalue weighted by Gasteiger charge is 2.37. The molecule has 2 nitrogen and oxygen atoms in total. The maximum Gasteiger partial charge on any atom is 0.0408 e. The number of nitrogens with one attached hydrogen (secondary N) is 1. The lowest BCUT2D eigenvalue weighted by molar-refractivity contribution is 0.176. The second-order valence-corrected chi connectivity index (χ2v) is 7.03. The molecule has 3 heteroatoms. The number of benzene rings is 1. The minimum absolute atomic E-state index is 0.550. The lowest BCUT2D eigenvalue weighted by Gasteiger charge is -2.34. The fourth-order valence-electron chi connectivity index (χ4n) is 4.46. The molecule has 0 radical (unpaired) electrons. The quantitative estimate of drug-likeness (QED) is 0.896. The molecule has 2 aliphatic heterocycles. The van der Waals surface area contributed by atoms with Crippen molar-refractivity contribution in [3.05, 3.63) is 34.3 Å². The molecule has 108 valence electrons. The molecule has 2 saturated heterocycles. The number of aryl methyl sites for hydroxylation is 1. The third kappa shape index (κ3) is 2.28. The first-order valence-electron chi connectivity index (χ1n) is 8.10. The van der Waals surface area contributed by atoms with Gasteiger partial charge in [0.1, 0.15) is 0 Å². The van der Waals surface area contributed by atoms with Crippen molar-refractivity contribution in [2.45, 2.75) is 56.7 Å². The summed E-state index contributed by atoms with van der Waals surface area (Å²) >= 11 is 6.11. The molecule has 3 atom stereocenters. The molecule has 0 spiro atoms. The molecule has 3 aliphatic rings. The van der Waals surface area contributed by atoms with Gasteiger partial charge in [-0.1, -0.05) is 24.1 Å². The smallest absolute Gasteiger partial charge is 0.0408 e. The Morgan fingerprint density at radius 2 is 2.05 bits per heavy atom. The fourth-order valence-corrected chi connectivity index (χ4v) is 4.65. The Labute approximate surface area is 126 Å². The number of hydrogen-bond acceptors (Lipinski definition) is 2. The zero-order valence-corrected chi connectivity index (χ0v) is 12.7. The van der Waals surface area contributed by atoms with Gasteiger partial charge >= 0.3 is 0 Å². The molecule has 1 aromatic carbocycles. The highest BCUT2D eigenvalue weighted by Crippen LogP contribution is 2.35. The van der Waals surface area contributed by atoms with Gasteiger partial charge in [-0.3, -0.25) is 4.90 Å². The largest absolute Gasteiger partial charge is 0.306 e. The summed E-state index contributed by atoms with van der Waals surface area (Å²) < 4.78 is 0. The summed E-state index contributed by atoms with van der Waals surface area (Å²) in [4.78, 5) is 2.71. The van der Waals surface area contributed by atoms with Gasteiger partial charge in [0.2, 0.25) is 0 Å². The minimum atomic E-state index is 0.550. The van der Waals surface area contributed by atoms with Crippen molar-refractivity contribution in [1.82, 2.24) is 10.2 Å². The Kier molecular flexibility index (Phi) is 3.49. The van der Waals surface area contributed by atoms with Crippen LogP contribution in [0.15, 0.2) is 18.2 Å². The molecular weight excluding hydrogens is 268 g/mol. The first-order valence-corrected chi connectivity index (χ1v) is 8.47. The van der Waals surface area contributed by atoms with E-state index in [-0.39, 0.29) is 0 Å². The van der Waals surface area contributed by atoms with Crippen molar-refractivity contribution in [2.24, 2.45) is 0 Å². The van der Waals surface area contributed by atoms with Crippen molar-refractivity contribution in [1.29, 1.82) is 0 Å². The summed E-state index contributed by atoms with van der Waals surface area (Å²) in [6.07, 6.45) is 7.93. The van der Waals surface area contributed by atoms with Gasteiger partial charge < -0.3 is 5.32 Å². The third-order valence-electron chi connectivity index (χ3n) is 5.45. The number of piperidine rings is 1. The van der Waals surface area contributed by atoms with E-state index in [4.69, 9.17) is 11.6 Å². The Balaban J connectivity index is 1.48. The van der Waals surface area contributed by atoms with Crippen LogP contribution in [0, 0.1) is 0 Å². The number of fused-ring (bicyclic) bond motifs is 2. The first-order chi connectivity index (χ1) is 9.81. The maximum atomic E-state index is 6.11. The van der Waals surface area contributed by atoms with E-state index in [1.807, 2.05) is 6.07 Å². The van der Waals surface area contributed by atoms with Crippen LogP contribution in [0.2, 0.25) is 5.02 Å². The highest BCUT2D eigenvalue weighted by molar-refractivity contribution is 6.30. The molecule has 2 heterocycles. The Morgan fingerprint density at radius 3 is 3.00 bits per heavy atom. The van der Waals surface area contributed by atoms with Crippen LogP contribution in [0.3, 0.4) is 0 Å². The van der Waals surface area contributed by atoms with Gasteiger partial charge in [-0.05, 0) is 61.9 Å². The Bertz CT molecular complexity index is 502. The lowest BCUT2D eigenvalue weighted by atomic mass is 9.97. The van der Waals surface area contributed by atoms with E-state index in [1.54, 1.807) is 0 Å². The van der Waals surface area contributed by atoms with Crippen molar-refractivity contribution < 1.29 is 0 Å². The molecule has 0 aromatic heterocycles. The van der Waals surface area contributed by atoms with Crippen molar-refractivity contribution in [3.63, 3.8) is 0 Å². The van der Waals surface area contributed by atoms with Gasteiger partial charge in [0.25, 0.3) is 0 Å². The second-order valence-electron chi connectivity index (χ2n) is 6.60. The van der Waals surface area contributed by atoms with Gasteiger partial charge in [0, 0.05) is 29.7 Å². The summed E-state index contributed by atoms with van der Waals surface area (Å²) in [5.41, 5.74) is 2.94. The topological polar surface area (TPSA) is 15.3 Å². The van der Waals surface area contributed by atoms with Gasteiger partial charge in [-0.25, -0.2) is 0 Å². The molecule has 2 fully saturated rings. The molecule has 1 aliphatic carbocycles. The van der Waals surface area contributed by atoms with E-state index >= 15 is 0 Å². The van der Waals surface area contributed by atoms with E-state index in [2.05, 4.69) is 22.3 Å². The highest BCUT2D eigenvalue weighted by atomic mass is 35.5. The average molecular weight is 291 g/mol. The number of nitrogens with zero attached hydrogens (tertiary/aromatic N) is 1. The molecule has 1 N–H and O–H groups in total. The molecule has 20 heavy (non-hydrogen) atoms. The van der Waals surface area contributed by atoms with Crippen LogP contribution in [0.1, 0.15) is 49.3 Å². The predicted molar refractivity (Wildman–Crippen MR) is 83.3 cm³/mol. The Hall–Kier alpha value is -0.570. The maximum absolute atomic E-state index is 6.11. The Morgan fingerprint density at radius 1 is 1.10 bits per heavy atom. The van der Waals surface area contributed by atoms with Crippen molar-refractivity contribution >= 4 is 11.6 Å². The second kappa shape index (κ2) is 5.32. The van der Waals surface area contributed by atoms with Gasteiger partial charge in [0.15, 0.2) is 0 Å². The van der Waals surface area contributed by atoms with Crippen LogP contribution in [0.5, 0.6) is 0 Å². The average Bonchev–Trinajstić information content (AvgIpc) is 3.04. The van der Waals surface area contributed by atoms with Gasteiger partial charge in [0.05, 0.1) is 0 Å². The third-order valence-corrected chi connectivity index (χ3v) is 5.69. The van der Waals surface area contributed by atoms with E-state index in [0.717, 1.165) is 11.1 Å². The van der Waals surface area contributed by atoms with E-state index in [0.29, 0.717) is 12.1 Å². The summed E-state index contributed by atoms with van der Waals surface area (Å²) in [5.74, 6) is 0. The van der Waals surface area contributed by atoms with Crippen LogP contribution in [-0.4, -0.2) is 30.1 Å². The zero-order valence-electron chi connectivity index (χ0n) is 11.9. The van der Waals surface area contributed by atoms with E-state index < -0.39 is 0 Å². The van der Waals surface area contributed by atoms with Crippen molar-refractivity contribution in [2.75, 3.05) is 13.1 Å². The van der Waals surface area contributed by atoms with E-state index in [1.165, 1.54) is 62.7 Å². The number of rotatable bonds is 2. The standard InChI is InChI=1S/C17H23ClN2/c18-13-5-6-14-12(11-13)4-7-15(14)19-16-8-10-20-9-2-1-3-17(16)20/h5-6,11,15-17,19H,1-4,7-10H2. The summed E-state index contributed by atoms with van der Waals surface area (Å²) in [6, 6.07) is 8.47. The normalized spacial score (nSPS) is 33.1. The fraction of sp³-hybridized carbons (Fsp3) is 0.647. The van der Waals surface area contributed by atoms with E-state index in [9.17, 15) is 0 Å². The molecule has 0 amide bonds. The van der Waals surface area contributed by atoms with Crippen LogP contribution in [0.4, 0.5) is 0 Å². The monoisotopic (exact) mass is 290 g/mol. The number of hydrogen-bond donors (Lipinski definition) is 1. The molecule has 0 bridgehead atoms. The first kappa shape index (κ1) is 13.1.